The molecular formula is C24H33N3O3. The van der Waals surface area contributed by atoms with Crippen LogP contribution in [-0.2, 0) is 9.53 Å². The summed E-state index contributed by atoms with van der Waals surface area (Å²) in [4.78, 5) is 19.2. The number of aromatic nitrogens is 1. The van der Waals surface area contributed by atoms with Crippen molar-refractivity contribution in [3.8, 4) is 0 Å². The van der Waals surface area contributed by atoms with Gasteiger partial charge in [-0.05, 0) is 77.0 Å². The molecule has 162 valence electrons. The van der Waals surface area contributed by atoms with Crippen molar-refractivity contribution in [2.24, 2.45) is 10.9 Å². The number of carbonyl (C=O) groups is 1. The lowest BCUT2D eigenvalue weighted by molar-refractivity contribution is -0.138. The minimum absolute atomic E-state index is 0.0934. The van der Waals surface area contributed by atoms with Crippen molar-refractivity contribution in [2.45, 2.75) is 59.4 Å². The van der Waals surface area contributed by atoms with Gasteiger partial charge in [-0.1, -0.05) is 0 Å². The molecule has 3 aliphatic rings. The summed E-state index contributed by atoms with van der Waals surface area (Å²) in [7, 11) is 0. The standard InChI is InChI=1S/C24H33N3O3/c1-5-30-24(29)22-16(3)25-21(23(22)28)13-19-12-15(2)27(17(19)4)20-8-10-26(11-9-20)14-18-6-7-18/h12-13,18,20,28H,5-11,14H2,1-4H3/b21-13+. The van der Waals surface area contributed by atoms with E-state index in [1.807, 2.05) is 6.08 Å². The Balaban J connectivity index is 1.53. The van der Waals surface area contributed by atoms with E-state index < -0.39 is 5.97 Å². The van der Waals surface area contributed by atoms with Crippen LogP contribution in [0, 0.1) is 19.8 Å². The quantitative estimate of drug-likeness (QED) is 0.707. The van der Waals surface area contributed by atoms with Gasteiger partial charge in [0, 0.05) is 37.1 Å². The molecule has 1 aliphatic carbocycles. The Hall–Kier alpha value is -2.34. The van der Waals surface area contributed by atoms with Crippen molar-refractivity contribution in [1.82, 2.24) is 9.47 Å². The van der Waals surface area contributed by atoms with Crippen LogP contribution in [0.3, 0.4) is 0 Å². The van der Waals surface area contributed by atoms with Crippen LogP contribution in [0.4, 0.5) is 0 Å². The van der Waals surface area contributed by atoms with E-state index in [-0.39, 0.29) is 17.9 Å². The van der Waals surface area contributed by atoms with Gasteiger partial charge in [0.1, 0.15) is 11.3 Å². The molecule has 1 N–H and O–H groups in total. The lowest BCUT2D eigenvalue weighted by Gasteiger charge is -2.34. The number of hydrogen-bond donors (Lipinski definition) is 1. The molecule has 1 saturated carbocycles. The summed E-state index contributed by atoms with van der Waals surface area (Å²) in [5, 5.41) is 10.6. The fraction of sp³-hybridized carbons (Fsp3) is 0.583. The zero-order chi connectivity index (χ0) is 21.4. The summed E-state index contributed by atoms with van der Waals surface area (Å²) in [5.41, 5.74) is 4.54. The van der Waals surface area contributed by atoms with E-state index in [1.165, 1.54) is 56.7 Å². The first-order chi connectivity index (χ1) is 14.4. The van der Waals surface area contributed by atoms with Crippen molar-refractivity contribution >= 4 is 17.8 Å². The largest absolute Gasteiger partial charge is 0.505 e. The van der Waals surface area contributed by atoms with Crippen molar-refractivity contribution < 1.29 is 14.6 Å². The maximum Gasteiger partial charge on any atom is 0.343 e. The number of ether oxygens (including phenoxy) is 1. The molecule has 30 heavy (non-hydrogen) atoms. The number of aliphatic imine (C=N–C) groups is 1. The molecule has 1 saturated heterocycles. The molecular weight excluding hydrogens is 378 g/mol. The molecule has 0 atom stereocenters. The van der Waals surface area contributed by atoms with E-state index >= 15 is 0 Å². The van der Waals surface area contributed by atoms with Crippen molar-refractivity contribution in [1.29, 1.82) is 0 Å². The van der Waals surface area contributed by atoms with Crippen LogP contribution in [0.2, 0.25) is 0 Å². The molecule has 0 aromatic carbocycles. The minimum Gasteiger partial charge on any atom is -0.505 e. The molecule has 2 aliphatic heterocycles. The first-order valence-electron chi connectivity index (χ1n) is 11.2. The maximum absolute atomic E-state index is 12.1. The summed E-state index contributed by atoms with van der Waals surface area (Å²) in [6.45, 7) is 11.6. The number of carbonyl (C=O) groups excluding carboxylic acids is 1. The van der Waals surface area contributed by atoms with Crippen LogP contribution < -0.4 is 0 Å². The third kappa shape index (κ3) is 4.10. The Bertz CT molecular complexity index is 926. The van der Waals surface area contributed by atoms with E-state index in [2.05, 4.69) is 34.4 Å². The smallest absolute Gasteiger partial charge is 0.343 e. The maximum atomic E-state index is 12.1. The second kappa shape index (κ2) is 8.42. The van der Waals surface area contributed by atoms with Gasteiger partial charge in [0.2, 0.25) is 0 Å². The number of hydrogen-bond acceptors (Lipinski definition) is 5. The van der Waals surface area contributed by atoms with Gasteiger partial charge in [-0.2, -0.15) is 0 Å². The number of nitrogens with zero attached hydrogens (tertiary/aromatic N) is 3. The third-order valence-electron chi connectivity index (χ3n) is 6.56. The Morgan fingerprint density at radius 3 is 2.57 bits per heavy atom. The normalized spacial score (nSPS) is 22.1. The highest BCUT2D eigenvalue weighted by atomic mass is 16.5. The van der Waals surface area contributed by atoms with Gasteiger partial charge in [-0.3, -0.25) is 0 Å². The van der Waals surface area contributed by atoms with E-state index in [9.17, 15) is 9.90 Å². The second-order valence-corrected chi connectivity index (χ2v) is 8.84. The van der Waals surface area contributed by atoms with Gasteiger partial charge < -0.3 is 19.3 Å². The zero-order valence-electron chi connectivity index (χ0n) is 18.6. The van der Waals surface area contributed by atoms with Crippen molar-refractivity contribution in [2.75, 3.05) is 26.2 Å². The number of rotatable bonds is 6. The zero-order valence-corrected chi connectivity index (χ0v) is 18.6. The molecule has 0 unspecified atom stereocenters. The predicted molar refractivity (Wildman–Crippen MR) is 119 cm³/mol. The van der Waals surface area contributed by atoms with Gasteiger partial charge in [0.05, 0.1) is 12.3 Å². The van der Waals surface area contributed by atoms with Crippen LogP contribution in [0.1, 0.15) is 62.5 Å². The number of likely N-dealkylation sites (tertiary alicyclic amines) is 1. The average molecular weight is 412 g/mol. The van der Waals surface area contributed by atoms with Crippen LogP contribution in [0.5, 0.6) is 0 Å². The topological polar surface area (TPSA) is 67.1 Å². The third-order valence-corrected chi connectivity index (χ3v) is 6.56. The number of aliphatic hydroxyl groups is 1. The lowest BCUT2D eigenvalue weighted by Crippen LogP contribution is -2.36. The first-order valence-corrected chi connectivity index (χ1v) is 11.2. The second-order valence-electron chi connectivity index (χ2n) is 8.84. The van der Waals surface area contributed by atoms with E-state index in [1.54, 1.807) is 13.8 Å². The van der Waals surface area contributed by atoms with E-state index in [0.29, 0.717) is 17.5 Å². The van der Waals surface area contributed by atoms with Gasteiger partial charge in [0.15, 0.2) is 5.76 Å². The summed E-state index contributed by atoms with van der Waals surface area (Å²) in [6.07, 6.45) is 7.05. The number of piperidine rings is 1. The SMILES string of the molecule is CCOC(=O)C1=C(O)/C(=C\c2cc(C)n(C3CCN(CC4CC4)CC3)c2C)N=C1C. The Morgan fingerprint density at radius 1 is 1.23 bits per heavy atom. The predicted octanol–water partition coefficient (Wildman–Crippen LogP) is 4.34. The summed E-state index contributed by atoms with van der Waals surface area (Å²) in [6, 6.07) is 2.67. The Morgan fingerprint density at radius 2 is 1.93 bits per heavy atom. The summed E-state index contributed by atoms with van der Waals surface area (Å²) in [5.74, 6) is 0.331. The first kappa shape index (κ1) is 20.9. The van der Waals surface area contributed by atoms with Gasteiger partial charge in [-0.15, -0.1) is 0 Å². The van der Waals surface area contributed by atoms with E-state index in [4.69, 9.17) is 4.74 Å². The highest BCUT2D eigenvalue weighted by Crippen LogP contribution is 2.34. The molecule has 3 heterocycles. The molecule has 6 nitrogen and oxygen atoms in total. The van der Waals surface area contributed by atoms with Crippen molar-refractivity contribution in [3.05, 3.63) is 40.0 Å². The molecule has 4 rings (SSSR count). The average Bonchev–Trinajstić information content (AvgIpc) is 3.41. The lowest BCUT2D eigenvalue weighted by atomic mass is 10.0. The molecule has 1 aromatic rings. The Kier molecular flexibility index (Phi) is 5.87. The highest BCUT2D eigenvalue weighted by molar-refractivity contribution is 6.22. The van der Waals surface area contributed by atoms with Crippen LogP contribution in [0.15, 0.2) is 28.1 Å². The summed E-state index contributed by atoms with van der Waals surface area (Å²) < 4.78 is 7.50. The van der Waals surface area contributed by atoms with Crippen LogP contribution in [-0.4, -0.2) is 52.5 Å². The molecule has 0 spiro atoms. The number of aliphatic hydroxyl groups excluding tert-OH is 1. The summed E-state index contributed by atoms with van der Waals surface area (Å²) >= 11 is 0. The molecule has 0 bridgehead atoms. The molecule has 6 heteroatoms. The van der Waals surface area contributed by atoms with Crippen LogP contribution in [0.25, 0.3) is 6.08 Å². The monoisotopic (exact) mass is 411 g/mol. The van der Waals surface area contributed by atoms with Crippen molar-refractivity contribution in [3.63, 3.8) is 0 Å². The van der Waals surface area contributed by atoms with Gasteiger partial charge in [-0.25, -0.2) is 9.79 Å². The minimum atomic E-state index is -0.525. The number of esters is 1. The van der Waals surface area contributed by atoms with E-state index in [0.717, 1.165) is 11.5 Å². The molecule has 0 amide bonds. The van der Waals surface area contributed by atoms with Gasteiger partial charge >= 0.3 is 5.97 Å². The highest BCUT2D eigenvalue weighted by Gasteiger charge is 2.30. The fourth-order valence-corrected chi connectivity index (χ4v) is 4.82. The number of aryl methyl sites for hydroxylation is 1. The fourth-order valence-electron chi connectivity index (χ4n) is 4.82. The molecule has 1 aromatic heterocycles. The Labute approximate surface area is 178 Å². The molecule has 2 fully saturated rings. The van der Waals surface area contributed by atoms with Gasteiger partial charge in [0.25, 0.3) is 0 Å². The molecule has 0 radical (unpaired) electrons. The van der Waals surface area contributed by atoms with Crippen LogP contribution >= 0.6 is 0 Å².